The Labute approximate surface area is 209 Å². The predicted molar refractivity (Wildman–Crippen MR) is 135 cm³/mol. The summed E-state index contributed by atoms with van der Waals surface area (Å²) in [5, 5.41) is 51.0. The number of ketones is 2. The van der Waals surface area contributed by atoms with Gasteiger partial charge in [0.25, 0.3) is 0 Å². The number of phenolic OH excluding ortho intramolecular Hbond substituents is 2. The van der Waals surface area contributed by atoms with Gasteiger partial charge in [0.05, 0.1) is 88.0 Å². The van der Waals surface area contributed by atoms with Gasteiger partial charge in [-0.2, -0.15) is 0 Å². The van der Waals surface area contributed by atoms with Gasteiger partial charge in [-0.1, -0.05) is 5.92 Å². The molecule has 0 aliphatic heterocycles. The smallest absolute Gasteiger partial charge is 0.200 e. The first-order valence-electron chi connectivity index (χ1n) is 11.2. The minimum atomic E-state index is -0.722. The third-order valence-electron chi connectivity index (χ3n) is 5.59. The second kappa shape index (κ2) is 10.0. The van der Waals surface area contributed by atoms with Gasteiger partial charge >= 0.3 is 0 Å². The molecule has 0 bridgehead atoms. The molecule has 0 radical (unpaired) electrons. The number of nitrogens with one attached hydrogen (secondary N) is 2. The van der Waals surface area contributed by atoms with Crippen molar-refractivity contribution >= 4 is 22.9 Å². The monoisotopic (exact) mass is 498 g/mol. The fourth-order valence-corrected chi connectivity index (χ4v) is 3.87. The lowest BCUT2D eigenvalue weighted by Gasteiger charge is -2.34. The number of phenols is 2. The second-order valence-corrected chi connectivity index (χ2v) is 9.50. The summed E-state index contributed by atoms with van der Waals surface area (Å²) in [6.07, 6.45) is 5.36. The molecule has 0 unspecified atom stereocenters. The van der Waals surface area contributed by atoms with Gasteiger partial charge in [0.2, 0.25) is 11.6 Å². The molecule has 3 rings (SSSR count). The maximum atomic E-state index is 13.7. The van der Waals surface area contributed by atoms with E-state index in [4.69, 9.17) is 11.2 Å². The predicted octanol–water partition coefficient (Wildman–Crippen LogP) is 1.86. The molecule has 1 aliphatic rings. The highest BCUT2D eigenvalue weighted by Crippen LogP contribution is 2.45. The van der Waals surface area contributed by atoms with E-state index in [1.54, 1.807) is 0 Å². The number of quaternary nitrogens is 2. The van der Waals surface area contributed by atoms with Crippen LogP contribution >= 0.6 is 0 Å². The van der Waals surface area contributed by atoms with Crippen LogP contribution in [0.5, 0.6) is 17.2 Å². The van der Waals surface area contributed by atoms with Crippen LogP contribution in [0.15, 0.2) is 18.2 Å². The number of hydroxylamine groups is 6. The van der Waals surface area contributed by atoms with Gasteiger partial charge in [-0.15, -0.1) is 6.42 Å². The van der Waals surface area contributed by atoms with Crippen molar-refractivity contribution in [1.82, 2.24) is 0 Å². The zero-order valence-corrected chi connectivity index (χ0v) is 20.7. The number of likely N-dealkylation sites (N-methyl/N-ethyl adjacent to an activating group) is 2. The van der Waals surface area contributed by atoms with Crippen LogP contribution < -0.4 is 15.4 Å². The number of ether oxygens (including phenoxy) is 1. The Kier molecular flexibility index (Phi) is 7.47. The molecule has 0 amide bonds. The number of aromatic hydroxyl groups is 2. The number of anilines is 2. The molecule has 0 atom stereocenters. The number of terminal acetylenes is 1. The molecule has 0 saturated heterocycles. The van der Waals surface area contributed by atoms with Gasteiger partial charge in [0.1, 0.15) is 23.9 Å². The Hall–Kier alpha value is -3.82. The summed E-state index contributed by atoms with van der Waals surface area (Å²) in [5.41, 5.74) is -0.494. The second-order valence-electron chi connectivity index (χ2n) is 9.50. The Morgan fingerprint density at radius 3 is 1.89 bits per heavy atom. The molecule has 0 heterocycles. The van der Waals surface area contributed by atoms with Crippen molar-refractivity contribution in [1.29, 1.82) is 0 Å². The van der Waals surface area contributed by atoms with E-state index in [9.17, 15) is 30.2 Å². The van der Waals surface area contributed by atoms with Gasteiger partial charge in [-0.3, -0.25) is 9.59 Å². The molecule has 0 saturated carbocycles. The highest BCUT2D eigenvalue weighted by Gasteiger charge is 2.39. The minimum Gasteiger partial charge on any atom is -0.633 e. The molecular formula is C25H30N4O7. The molecule has 1 aliphatic carbocycles. The van der Waals surface area contributed by atoms with Crippen LogP contribution in [0.25, 0.3) is 0 Å². The molecule has 192 valence electrons. The SMILES string of the molecule is C#CCOc1cc(NCC[N+](C)(C)[O-])c2c(c1NCC[N+](C)(C)[O-])C(=O)c1c(O)ccc(O)c1C2=O. The van der Waals surface area contributed by atoms with E-state index in [2.05, 4.69) is 16.6 Å². The van der Waals surface area contributed by atoms with Gasteiger partial charge in [-0.05, 0) is 12.1 Å². The summed E-state index contributed by atoms with van der Waals surface area (Å²) in [6.45, 7) is 0.420. The van der Waals surface area contributed by atoms with E-state index in [0.29, 0.717) is 0 Å². The first-order valence-corrected chi connectivity index (χ1v) is 11.2. The number of nitrogens with zero attached hydrogens (tertiary/aromatic N) is 2. The number of hydrogen-bond donors (Lipinski definition) is 4. The molecule has 11 nitrogen and oxygen atoms in total. The van der Waals surface area contributed by atoms with E-state index in [-0.39, 0.29) is 72.2 Å². The molecule has 11 heteroatoms. The maximum Gasteiger partial charge on any atom is 0.200 e. The summed E-state index contributed by atoms with van der Waals surface area (Å²) < 4.78 is 4.48. The van der Waals surface area contributed by atoms with E-state index in [0.717, 1.165) is 12.1 Å². The molecule has 2 aromatic carbocycles. The normalized spacial score (nSPS) is 13.0. The third-order valence-corrected chi connectivity index (χ3v) is 5.59. The largest absolute Gasteiger partial charge is 0.633 e. The summed E-state index contributed by atoms with van der Waals surface area (Å²) >= 11 is 0. The van der Waals surface area contributed by atoms with Gasteiger partial charge in [0.15, 0.2) is 0 Å². The van der Waals surface area contributed by atoms with Crippen LogP contribution in [0.4, 0.5) is 11.4 Å². The lowest BCUT2D eigenvalue weighted by atomic mass is 9.81. The third kappa shape index (κ3) is 5.69. The Morgan fingerprint density at radius 1 is 0.889 bits per heavy atom. The molecular weight excluding hydrogens is 468 g/mol. The summed E-state index contributed by atoms with van der Waals surface area (Å²) in [4.78, 5) is 27.3. The molecule has 0 fully saturated rings. The van der Waals surface area contributed by atoms with Crippen LogP contribution in [-0.2, 0) is 0 Å². The van der Waals surface area contributed by atoms with Crippen molar-refractivity contribution in [2.75, 3.05) is 71.6 Å². The summed E-state index contributed by atoms with van der Waals surface area (Å²) in [6, 6.07) is 3.74. The minimum absolute atomic E-state index is 0.0592. The number of fused-ring (bicyclic) bond motifs is 2. The summed E-state index contributed by atoms with van der Waals surface area (Å²) in [7, 11) is 5.85. The molecule has 0 spiro atoms. The quantitative estimate of drug-likeness (QED) is 0.142. The first kappa shape index (κ1) is 26.8. The standard InChI is InChI=1S/C25H30N4O7/c1-6-13-36-18-14-15(26-9-11-28(2,3)34)19-22(23(18)27-10-12-29(4,5)35)25(33)21-17(31)8-7-16(30)20(21)24(19)32/h1,7-8,14,26-27,30-31H,9-13H2,2-5H3. The van der Waals surface area contributed by atoms with Crippen LogP contribution in [0, 0.1) is 22.8 Å². The number of carbonyl (C=O) groups excluding carboxylic acids is 2. The zero-order chi connectivity index (χ0) is 26.8. The number of benzene rings is 2. The van der Waals surface area contributed by atoms with Crippen LogP contribution in [0.1, 0.15) is 31.8 Å². The molecule has 4 N–H and O–H groups in total. The van der Waals surface area contributed by atoms with Crippen molar-refractivity contribution in [2.45, 2.75) is 0 Å². The Balaban J connectivity index is 2.23. The number of carbonyl (C=O) groups is 2. The fraction of sp³-hybridized carbons (Fsp3) is 0.360. The van der Waals surface area contributed by atoms with Crippen LogP contribution in [0.2, 0.25) is 0 Å². The van der Waals surface area contributed by atoms with Crippen molar-refractivity contribution < 1.29 is 33.8 Å². The van der Waals surface area contributed by atoms with Crippen molar-refractivity contribution in [3.8, 4) is 29.6 Å². The van der Waals surface area contributed by atoms with E-state index < -0.39 is 32.4 Å². The van der Waals surface area contributed by atoms with Gasteiger partial charge in [0, 0.05) is 6.07 Å². The van der Waals surface area contributed by atoms with Crippen LogP contribution in [0.3, 0.4) is 0 Å². The number of hydrogen-bond acceptors (Lipinski definition) is 9. The fourth-order valence-electron chi connectivity index (χ4n) is 3.87. The lowest BCUT2D eigenvalue weighted by Crippen LogP contribution is -2.37. The highest BCUT2D eigenvalue weighted by molar-refractivity contribution is 6.33. The Bertz CT molecular complexity index is 1240. The number of rotatable bonds is 10. The van der Waals surface area contributed by atoms with Crippen LogP contribution in [-0.4, -0.2) is 92.0 Å². The van der Waals surface area contributed by atoms with E-state index in [1.807, 2.05) is 0 Å². The lowest BCUT2D eigenvalue weighted by molar-refractivity contribution is -0.838. The Morgan fingerprint density at radius 2 is 1.39 bits per heavy atom. The molecule has 0 aromatic heterocycles. The first-order chi connectivity index (χ1) is 16.7. The van der Waals surface area contributed by atoms with Crippen molar-refractivity contribution in [3.05, 3.63) is 50.9 Å². The highest BCUT2D eigenvalue weighted by atomic mass is 16.5. The average Bonchev–Trinajstić information content (AvgIpc) is 2.76. The maximum absolute atomic E-state index is 13.7. The average molecular weight is 499 g/mol. The van der Waals surface area contributed by atoms with E-state index >= 15 is 0 Å². The molecule has 36 heavy (non-hydrogen) atoms. The zero-order valence-electron chi connectivity index (χ0n) is 20.7. The summed E-state index contributed by atoms with van der Waals surface area (Å²) in [5.74, 6) is 0.149. The van der Waals surface area contributed by atoms with Crippen molar-refractivity contribution in [3.63, 3.8) is 0 Å². The topological polar surface area (TPSA) is 154 Å². The van der Waals surface area contributed by atoms with E-state index in [1.165, 1.54) is 34.3 Å². The van der Waals surface area contributed by atoms with Gasteiger partial charge in [-0.25, -0.2) is 0 Å². The van der Waals surface area contributed by atoms with Crippen molar-refractivity contribution in [2.24, 2.45) is 0 Å². The van der Waals surface area contributed by atoms with Gasteiger partial charge < -0.3 is 45.3 Å². The molecule has 2 aromatic rings.